The Balaban J connectivity index is 2.24. The van der Waals surface area contributed by atoms with Gasteiger partial charge in [0.2, 0.25) is 0 Å². The lowest BCUT2D eigenvalue weighted by atomic mass is 10.1. The second-order valence-corrected chi connectivity index (χ2v) is 6.09. The number of carbonyl (C=O) groups excluding carboxylic acids is 2. The van der Waals surface area contributed by atoms with Crippen molar-refractivity contribution in [3.63, 3.8) is 0 Å². The van der Waals surface area contributed by atoms with Gasteiger partial charge in [-0.3, -0.25) is 4.90 Å². The van der Waals surface area contributed by atoms with Gasteiger partial charge >= 0.3 is 6.09 Å². The molecular weight excluding hydrogens is 254 g/mol. The first-order chi connectivity index (χ1) is 9.42. The van der Waals surface area contributed by atoms with Crippen LogP contribution in [0.3, 0.4) is 0 Å². The van der Waals surface area contributed by atoms with Crippen molar-refractivity contribution >= 4 is 12.4 Å². The smallest absolute Gasteiger partial charge is 0.411 e. The van der Waals surface area contributed by atoms with Crippen LogP contribution in [0.15, 0.2) is 30.3 Å². The molecule has 2 unspecified atom stereocenters. The van der Waals surface area contributed by atoms with Gasteiger partial charge in [0.25, 0.3) is 0 Å². The van der Waals surface area contributed by atoms with Crippen LogP contribution in [0.25, 0.3) is 0 Å². The maximum atomic E-state index is 12.4. The summed E-state index contributed by atoms with van der Waals surface area (Å²) in [4.78, 5) is 25.2. The van der Waals surface area contributed by atoms with E-state index in [1.165, 1.54) is 0 Å². The van der Waals surface area contributed by atoms with Crippen LogP contribution < -0.4 is 0 Å². The molecule has 1 aliphatic heterocycles. The predicted octanol–water partition coefficient (Wildman–Crippen LogP) is 3.33. The molecule has 1 heterocycles. The summed E-state index contributed by atoms with van der Waals surface area (Å²) in [6.07, 6.45) is 1.89. The van der Waals surface area contributed by atoms with E-state index >= 15 is 0 Å². The van der Waals surface area contributed by atoms with Crippen LogP contribution in [0.5, 0.6) is 0 Å². The van der Waals surface area contributed by atoms with Gasteiger partial charge in [0.1, 0.15) is 11.9 Å². The zero-order valence-corrected chi connectivity index (χ0v) is 12.2. The highest BCUT2D eigenvalue weighted by Gasteiger charge is 2.39. The van der Waals surface area contributed by atoms with E-state index < -0.39 is 17.7 Å². The topological polar surface area (TPSA) is 46.6 Å². The molecule has 0 aliphatic carbocycles. The molecule has 2 atom stereocenters. The van der Waals surface area contributed by atoms with Gasteiger partial charge in [0.15, 0.2) is 0 Å². The van der Waals surface area contributed by atoms with Gasteiger partial charge in [-0.05, 0) is 39.2 Å². The lowest BCUT2D eigenvalue weighted by molar-refractivity contribution is -0.112. The summed E-state index contributed by atoms with van der Waals surface area (Å²) in [5.41, 5.74) is 0.483. The van der Waals surface area contributed by atoms with Crippen LogP contribution in [-0.4, -0.2) is 28.9 Å². The molecule has 1 aromatic rings. The van der Waals surface area contributed by atoms with E-state index in [4.69, 9.17) is 4.74 Å². The predicted molar refractivity (Wildman–Crippen MR) is 76.3 cm³/mol. The lowest BCUT2D eigenvalue weighted by Gasteiger charge is -2.31. The third-order valence-corrected chi connectivity index (χ3v) is 3.37. The number of likely N-dealkylation sites (tertiary alicyclic amines) is 1. The van der Waals surface area contributed by atoms with Crippen molar-refractivity contribution in [2.75, 3.05) is 0 Å². The molecule has 1 amide bonds. The molecule has 0 radical (unpaired) electrons. The van der Waals surface area contributed by atoms with E-state index in [1.807, 2.05) is 51.1 Å². The first-order valence-electron chi connectivity index (χ1n) is 6.94. The summed E-state index contributed by atoms with van der Waals surface area (Å²) in [6, 6.07) is 9.31. The standard InChI is InChI=1S/C16H21NO3/c1-16(2,3)20-15(19)17-13(11-18)9-10-14(17)12-7-5-4-6-8-12/h4-8,11,13-14H,9-10H2,1-3H3. The Morgan fingerprint density at radius 3 is 2.45 bits per heavy atom. The quantitative estimate of drug-likeness (QED) is 0.778. The molecular formula is C16H21NO3. The van der Waals surface area contributed by atoms with Crippen LogP contribution >= 0.6 is 0 Å². The number of nitrogens with zero attached hydrogens (tertiary/aromatic N) is 1. The molecule has 0 spiro atoms. The van der Waals surface area contributed by atoms with E-state index in [0.29, 0.717) is 6.42 Å². The first-order valence-corrected chi connectivity index (χ1v) is 6.94. The van der Waals surface area contributed by atoms with Gasteiger partial charge in [0.05, 0.1) is 12.1 Å². The highest BCUT2D eigenvalue weighted by atomic mass is 16.6. The van der Waals surface area contributed by atoms with Crippen molar-refractivity contribution in [2.24, 2.45) is 0 Å². The minimum atomic E-state index is -0.561. The Bertz CT molecular complexity index is 478. The van der Waals surface area contributed by atoms with Crippen molar-refractivity contribution in [2.45, 2.75) is 51.3 Å². The molecule has 1 saturated heterocycles. The maximum absolute atomic E-state index is 12.4. The molecule has 2 rings (SSSR count). The van der Waals surface area contributed by atoms with E-state index in [0.717, 1.165) is 18.3 Å². The average molecular weight is 275 g/mol. The third kappa shape index (κ3) is 3.18. The van der Waals surface area contributed by atoms with Crippen LogP contribution in [0.2, 0.25) is 0 Å². The highest BCUT2D eigenvalue weighted by molar-refractivity contribution is 5.75. The molecule has 4 nitrogen and oxygen atoms in total. The van der Waals surface area contributed by atoms with Crippen molar-refractivity contribution < 1.29 is 14.3 Å². The number of hydrogen-bond acceptors (Lipinski definition) is 3. The summed E-state index contributed by atoms with van der Waals surface area (Å²) in [7, 11) is 0. The number of benzene rings is 1. The van der Waals surface area contributed by atoms with Crippen molar-refractivity contribution in [3.8, 4) is 0 Å². The third-order valence-electron chi connectivity index (χ3n) is 3.37. The summed E-state index contributed by atoms with van der Waals surface area (Å²) in [5, 5.41) is 0. The van der Waals surface area contributed by atoms with Gasteiger partial charge in [-0.2, -0.15) is 0 Å². The van der Waals surface area contributed by atoms with Crippen LogP contribution in [-0.2, 0) is 9.53 Å². The van der Waals surface area contributed by atoms with Gasteiger partial charge in [-0.1, -0.05) is 30.3 Å². The first kappa shape index (κ1) is 14.6. The molecule has 1 aromatic carbocycles. The maximum Gasteiger partial charge on any atom is 0.411 e. The molecule has 0 N–H and O–H groups in total. The Morgan fingerprint density at radius 2 is 1.90 bits per heavy atom. The second-order valence-electron chi connectivity index (χ2n) is 6.09. The summed E-state index contributed by atoms with van der Waals surface area (Å²) in [6.45, 7) is 5.48. The normalized spacial score (nSPS) is 22.6. The van der Waals surface area contributed by atoms with Gasteiger partial charge in [-0.25, -0.2) is 4.79 Å². The van der Waals surface area contributed by atoms with Crippen LogP contribution in [0.1, 0.15) is 45.2 Å². The Kier molecular flexibility index (Phi) is 4.12. The minimum Gasteiger partial charge on any atom is -0.444 e. The molecule has 4 heteroatoms. The molecule has 1 fully saturated rings. The summed E-state index contributed by atoms with van der Waals surface area (Å²) < 4.78 is 5.43. The zero-order chi connectivity index (χ0) is 14.8. The van der Waals surface area contributed by atoms with Crippen LogP contribution in [0, 0.1) is 0 Å². The Morgan fingerprint density at radius 1 is 1.25 bits per heavy atom. The monoisotopic (exact) mass is 275 g/mol. The van der Waals surface area contributed by atoms with Crippen molar-refractivity contribution in [3.05, 3.63) is 35.9 Å². The average Bonchev–Trinajstić information content (AvgIpc) is 2.81. The van der Waals surface area contributed by atoms with E-state index in [2.05, 4.69) is 0 Å². The number of amides is 1. The highest BCUT2D eigenvalue weighted by Crippen LogP contribution is 2.36. The molecule has 0 saturated carbocycles. The van der Waals surface area contributed by atoms with E-state index in [1.54, 1.807) is 4.90 Å². The number of rotatable bonds is 2. The van der Waals surface area contributed by atoms with Gasteiger partial charge < -0.3 is 9.53 Å². The van der Waals surface area contributed by atoms with Gasteiger partial charge in [0, 0.05) is 0 Å². The summed E-state index contributed by atoms with van der Waals surface area (Å²) in [5.74, 6) is 0. The number of aldehydes is 1. The SMILES string of the molecule is CC(C)(C)OC(=O)N1C(C=O)CCC1c1ccccc1. The Hall–Kier alpha value is -1.84. The van der Waals surface area contributed by atoms with Crippen LogP contribution in [0.4, 0.5) is 4.79 Å². The second kappa shape index (κ2) is 5.65. The minimum absolute atomic E-state index is 0.0822. The fourth-order valence-corrected chi connectivity index (χ4v) is 2.55. The number of hydrogen-bond donors (Lipinski definition) is 0. The van der Waals surface area contributed by atoms with Crippen molar-refractivity contribution in [1.29, 1.82) is 0 Å². The summed E-state index contributed by atoms with van der Waals surface area (Å²) >= 11 is 0. The van der Waals surface area contributed by atoms with E-state index in [9.17, 15) is 9.59 Å². The molecule has 1 aliphatic rings. The fourth-order valence-electron chi connectivity index (χ4n) is 2.55. The lowest BCUT2D eigenvalue weighted by Crippen LogP contribution is -2.41. The number of ether oxygens (including phenoxy) is 1. The molecule has 0 bridgehead atoms. The molecule has 20 heavy (non-hydrogen) atoms. The van der Waals surface area contributed by atoms with Crippen molar-refractivity contribution in [1.82, 2.24) is 4.90 Å². The fraction of sp³-hybridized carbons (Fsp3) is 0.500. The van der Waals surface area contributed by atoms with E-state index in [-0.39, 0.29) is 6.04 Å². The molecule has 0 aromatic heterocycles. The number of carbonyl (C=O) groups is 2. The largest absolute Gasteiger partial charge is 0.444 e. The zero-order valence-electron chi connectivity index (χ0n) is 12.2. The molecule has 108 valence electrons. The van der Waals surface area contributed by atoms with Gasteiger partial charge in [-0.15, -0.1) is 0 Å². The Labute approximate surface area is 119 Å².